The molecule has 5 amide bonds. The van der Waals surface area contributed by atoms with Crippen LogP contribution in [0.3, 0.4) is 0 Å². The van der Waals surface area contributed by atoms with Crippen LogP contribution in [0.15, 0.2) is 24.4 Å². The molecule has 2 aliphatic rings. The molecule has 45 heavy (non-hydrogen) atoms. The van der Waals surface area contributed by atoms with E-state index in [9.17, 15) is 34.1 Å². The number of rotatable bonds is 19. The lowest BCUT2D eigenvalue weighted by molar-refractivity contribution is -0.385. The van der Waals surface area contributed by atoms with E-state index in [0.717, 1.165) is 11.1 Å². The number of carbonyl (C=O) groups excluding carboxylic acids is 5. The minimum atomic E-state index is -1.03. The largest absolute Gasteiger partial charge is 0.382 e. The molecule has 242 valence electrons. The topological polar surface area (TPSA) is 237 Å². The van der Waals surface area contributed by atoms with Crippen LogP contribution in [0.25, 0.3) is 0 Å². The van der Waals surface area contributed by atoms with Gasteiger partial charge in [0.15, 0.2) is 0 Å². The number of aromatic nitrogens is 2. The predicted octanol–water partition coefficient (Wildman–Crippen LogP) is -0.530. The van der Waals surface area contributed by atoms with E-state index >= 15 is 0 Å². The first-order valence-corrected chi connectivity index (χ1v) is 14.1. The highest BCUT2D eigenvalue weighted by Crippen LogP contribution is 2.32. The molecule has 2 aromatic rings. The van der Waals surface area contributed by atoms with Crippen LogP contribution in [0, 0.1) is 10.1 Å². The van der Waals surface area contributed by atoms with Crippen molar-refractivity contribution in [1.82, 2.24) is 20.0 Å². The quantitative estimate of drug-likeness (QED) is 0.0766. The molecule has 4 rings (SSSR count). The summed E-state index contributed by atoms with van der Waals surface area (Å²) in [7, 11) is 0. The number of anilines is 1. The number of carbonyl (C=O) groups is 5. The van der Waals surface area contributed by atoms with E-state index < -0.39 is 51.9 Å². The van der Waals surface area contributed by atoms with Crippen molar-refractivity contribution in [3.05, 3.63) is 51.3 Å². The van der Waals surface area contributed by atoms with Gasteiger partial charge in [-0.25, -0.2) is 0 Å². The van der Waals surface area contributed by atoms with Gasteiger partial charge in [0.1, 0.15) is 12.2 Å². The third-order valence-corrected chi connectivity index (χ3v) is 6.78. The van der Waals surface area contributed by atoms with Gasteiger partial charge in [0.05, 0.1) is 75.5 Å². The number of benzene rings is 1. The van der Waals surface area contributed by atoms with Crippen molar-refractivity contribution in [1.29, 1.82) is 0 Å². The van der Waals surface area contributed by atoms with Gasteiger partial charge < -0.3 is 30.0 Å². The normalized spacial score (nSPS) is 16.2. The monoisotopic (exact) mass is 631 g/mol. The molecule has 0 bridgehead atoms. The number of nitrogens with zero attached hydrogens (tertiary/aromatic N) is 4. The number of hydrogen-bond acceptors (Lipinski definition) is 13. The lowest BCUT2D eigenvalue weighted by atomic mass is 10.0. The van der Waals surface area contributed by atoms with Crippen molar-refractivity contribution in [3.8, 4) is 0 Å². The Morgan fingerprint density at radius 3 is 2.24 bits per heavy atom. The van der Waals surface area contributed by atoms with Crippen molar-refractivity contribution >= 4 is 40.9 Å². The molecule has 1 aromatic heterocycles. The van der Waals surface area contributed by atoms with Gasteiger partial charge in [0.2, 0.25) is 17.5 Å². The first-order valence-electron chi connectivity index (χ1n) is 14.1. The molecule has 18 heteroatoms. The molecule has 4 N–H and O–H groups in total. The average Bonchev–Trinajstić information content (AvgIpc) is 3.55. The Balaban J connectivity index is 1.03. The summed E-state index contributed by atoms with van der Waals surface area (Å²) < 4.78 is 23.0. The molecule has 1 atom stereocenters. The van der Waals surface area contributed by atoms with Crippen molar-refractivity contribution < 1.29 is 47.8 Å². The van der Waals surface area contributed by atoms with Crippen molar-refractivity contribution in [3.63, 3.8) is 0 Å². The summed E-state index contributed by atoms with van der Waals surface area (Å²) in [4.78, 5) is 72.1. The molecule has 2 aliphatic heterocycles. The van der Waals surface area contributed by atoms with Crippen LogP contribution >= 0.6 is 0 Å². The van der Waals surface area contributed by atoms with Gasteiger partial charge in [-0.3, -0.25) is 49.0 Å². The Bertz CT molecular complexity index is 1410. The summed E-state index contributed by atoms with van der Waals surface area (Å²) in [5, 5.41) is 20.0. The fraction of sp³-hybridized carbons (Fsp3) is 0.481. The van der Waals surface area contributed by atoms with Gasteiger partial charge in [0, 0.05) is 18.7 Å². The van der Waals surface area contributed by atoms with Gasteiger partial charge >= 0.3 is 5.69 Å². The lowest BCUT2D eigenvalue weighted by Crippen LogP contribution is -2.54. The van der Waals surface area contributed by atoms with E-state index in [-0.39, 0.29) is 43.7 Å². The minimum absolute atomic E-state index is 0.0493. The van der Waals surface area contributed by atoms with Gasteiger partial charge in [0.25, 0.3) is 17.7 Å². The number of nitrogens with one attached hydrogen (secondary N) is 2. The Labute approximate surface area is 256 Å². The smallest absolute Gasteiger partial charge is 0.320 e. The molecule has 1 fully saturated rings. The summed E-state index contributed by atoms with van der Waals surface area (Å²) in [6.45, 7) is 2.95. The first kappa shape index (κ1) is 33.1. The number of primary amides is 1. The van der Waals surface area contributed by atoms with Crippen LogP contribution in [0.1, 0.15) is 44.0 Å². The Morgan fingerprint density at radius 2 is 1.64 bits per heavy atom. The summed E-state index contributed by atoms with van der Waals surface area (Å²) in [5.74, 6) is -3.23. The summed E-state index contributed by atoms with van der Waals surface area (Å²) >= 11 is 0. The number of imide groups is 2. The van der Waals surface area contributed by atoms with Crippen LogP contribution < -0.4 is 16.4 Å². The van der Waals surface area contributed by atoms with Gasteiger partial charge in [-0.15, -0.1) is 0 Å². The van der Waals surface area contributed by atoms with Gasteiger partial charge in [-0.1, -0.05) is 6.07 Å². The molecule has 1 saturated heterocycles. The highest BCUT2D eigenvalue weighted by Gasteiger charge is 2.45. The van der Waals surface area contributed by atoms with E-state index in [1.54, 1.807) is 12.1 Å². The summed E-state index contributed by atoms with van der Waals surface area (Å²) in [6.07, 6.45) is 1.26. The van der Waals surface area contributed by atoms with Gasteiger partial charge in [-0.2, -0.15) is 5.10 Å². The minimum Gasteiger partial charge on any atom is -0.382 e. The second-order valence-corrected chi connectivity index (χ2v) is 9.80. The van der Waals surface area contributed by atoms with Crippen LogP contribution in [0.2, 0.25) is 0 Å². The third-order valence-electron chi connectivity index (χ3n) is 6.78. The SMILES string of the molecule is NC(=O)c1nn(CCOCCOCCOCCOCCNc2cccc3c2C(=O)N(C2CCC(=O)NC2=O)C3=O)cc1[N+](=O)[O-]. The molecule has 0 spiro atoms. The molecule has 1 unspecified atom stereocenters. The van der Waals surface area contributed by atoms with Crippen molar-refractivity contribution in [2.75, 3.05) is 64.7 Å². The van der Waals surface area contributed by atoms with E-state index in [2.05, 4.69) is 15.7 Å². The highest BCUT2D eigenvalue weighted by atomic mass is 16.6. The second-order valence-electron chi connectivity index (χ2n) is 9.80. The standard InChI is InChI=1S/C27H33N7O11/c28-24(36)23-20(34(40)41)16-32(31-23)7-9-43-11-13-45-15-14-44-12-10-42-8-6-29-18-3-1-2-17-22(18)27(39)33(26(17)38)19-4-5-21(35)30-25(19)37/h1-3,16,19,29H,4-15H2,(H2,28,36)(H,30,35,37). The van der Waals surface area contributed by atoms with Crippen molar-refractivity contribution in [2.45, 2.75) is 25.4 Å². The third kappa shape index (κ3) is 8.44. The number of ether oxygens (including phenoxy) is 4. The van der Waals surface area contributed by atoms with Crippen LogP contribution in [-0.4, -0.2) is 115 Å². The fourth-order valence-electron chi connectivity index (χ4n) is 4.67. The summed E-state index contributed by atoms with van der Waals surface area (Å²) in [6, 6.07) is 3.81. The van der Waals surface area contributed by atoms with Crippen LogP contribution in [-0.2, 0) is 35.1 Å². The second kappa shape index (κ2) is 15.8. The number of nitrogens with two attached hydrogens (primary N) is 1. The Kier molecular flexibility index (Phi) is 11.6. The first-order chi connectivity index (χ1) is 21.7. The Morgan fingerprint density at radius 1 is 1.00 bits per heavy atom. The van der Waals surface area contributed by atoms with E-state index in [1.165, 1.54) is 10.7 Å². The van der Waals surface area contributed by atoms with Crippen LogP contribution in [0.5, 0.6) is 0 Å². The van der Waals surface area contributed by atoms with Crippen molar-refractivity contribution in [2.24, 2.45) is 5.73 Å². The molecule has 0 radical (unpaired) electrons. The highest BCUT2D eigenvalue weighted by molar-refractivity contribution is 6.25. The zero-order valence-corrected chi connectivity index (χ0v) is 24.2. The number of piperidine rings is 1. The van der Waals surface area contributed by atoms with E-state index in [1.807, 2.05) is 0 Å². The van der Waals surface area contributed by atoms with Crippen LogP contribution in [0.4, 0.5) is 11.4 Å². The maximum Gasteiger partial charge on any atom is 0.320 e. The zero-order valence-electron chi connectivity index (χ0n) is 24.2. The Hall–Kier alpha value is -4.78. The van der Waals surface area contributed by atoms with E-state index in [4.69, 9.17) is 24.7 Å². The molecule has 0 saturated carbocycles. The van der Waals surface area contributed by atoms with Gasteiger partial charge in [-0.05, 0) is 18.6 Å². The fourth-order valence-corrected chi connectivity index (χ4v) is 4.67. The average molecular weight is 632 g/mol. The molecule has 18 nitrogen and oxygen atoms in total. The van der Waals surface area contributed by atoms with E-state index in [0.29, 0.717) is 51.9 Å². The maximum absolute atomic E-state index is 13.1. The number of fused-ring (bicyclic) bond motifs is 1. The number of amides is 5. The molecular formula is C27H33N7O11. The molecule has 0 aliphatic carbocycles. The number of hydrogen-bond donors (Lipinski definition) is 3. The molecule has 1 aromatic carbocycles. The number of nitro groups is 1. The molecule has 3 heterocycles. The lowest BCUT2D eigenvalue weighted by Gasteiger charge is -2.27. The maximum atomic E-state index is 13.1. The molecular weight excluding hydrogens is 598 g/mol. The predicted molar refractivity (Wildman–Crippen MR) is 152 cm³/mol. The summed E-state index contributed by atoms with van der Waals surface area (Å²) in [5.41, 5.74) is 5.06. The zero-order chi connectivity index (χ0) is 32.3.